The van der Waals surface area contributed by atoms with Gasteiger partial charge in [-0.2, -0.15) is 0 Å². The second-order valence-electron chi connectivity index (χ2n) is 3.10. The molecule has 3 nitrogen and oxygen atoms in total. The second kappa shape index (κ2) is 3.11. The Morgan fingerprint density at radius 1 is 1.50 bits per heavy atom. The molecule has 0 unspecified atom stereocenters. The molecule has 0 spiro atoms. The maximum atomic E-state index is 5.50. The van der Waals surface area contributed by atoms with Gasteiger partial charge >= 0.3 is 0 Å². The molecule has 0 amide bonds. The molecule has 1 aromatic heterocycles. The summed E-state index contributed by atoms with van der Waals surface area (Å²) >= 11 is 0. The van der Waals surface area contributed by atoms with Crippen molar-refractivity contribution in [2.24, 2.45) is 0 Å². The van der Waals surface area contributed by atoms with Gasteiger partial charge in [-0.15, -0.1) is 0 Å². The van der Waals surface area contributed by atoms with Crippen molar-refractivity contribution in [2.75, 3.05) is 5.73 Å². The molecule has 1 aliphatic carbocycles. The van der Waals surface area contributed by atoms with Gasteiger partial charge in [-0.1, -0.05) is 6.07 Å². The molecule has 64 valence electrons. The van der Waals surface area contributed by atoms with Crippen molar-refractivity contribution < 1.29 is 4.74 Å². The van der Waals surface area contributed by atoms with Crippen molar-refractivity contribution in [1.29, 1.82) is 0 Å². The van der Waals surface area contributed by atoms with Gasteiger partial charge in [0.25, 0.3) is 0 Å². The fourth-order valence-corrected chi connectivity index (χ4v) is 0.970. The molecule has 0 bridgehead atoms. The van der Waals surface area contributed by atoms with E-state index in [0.29, 0.717) is 18.5 Å². The zero-order chi connectivity index (χ0) is 8.39. The van der Waals surface area contributed by atoms with Gasteiger partial charge in [-0.3, -0.25) is 0 Å². The van der Waals surface area contributed by atoms with Crippen LogP contribution in [-0.2, 0) is 11.3 Å². The van der Waals surface area contributed by atoms with E-state index in [2.05, 4.69) is 4.98 Å². The number of nitrogen functional groups attached to an aromatic ring is 1. The lowest BCUT2D eigenvalue weighted by atomic mass is 10.3. The molecule has 12 heavy (non-hydrogen) atoms. The van der Waals surface area contributed by atoms with E-state index in [-0.39, 0.29) is 0 Å². The van der Waals surface area contributed by atoms with Crippen LogP contribution in [0.25, 0.3) is 0 Å². The third-order valence-corrected chi connectivity index (χ3v) is 1.86. The third-order valence-electron chi connectivity index (χ3n) is 1.86. The molecule has 2 N–H and O–H groups in total. The van der Waals surface area contributed by atoms with E-state index in [1.807, 2.05) is 6.07 Å². The van der Waals surface area contributed by atoms with E-state index in [9.17, 15) is 0 Å². The molecular formula is C9H12N2O. The zero-order valence-corrected chi connectivity index (χ0v) is 6.86. The normalized spacial score (nSPS) is 16.3. The summed E-state index contributed by atoms with van der Waals surface area (Å²) in [5.74, 6) is 0.560. The molecule has 2 rings (SSSR count). The van der Waals surface area contributed by atoms with E-state index in [1.54, 1.807) is 12.3 Å². The Kier molecular flexibility index (Phi) is 1.96. The van der Waals surface area contributed by atoms with Crippen LogP contribution in [0.2, 0.25) is 0 Å². The van der Waals surface area contributed by atoms with Crippen molar-refractivity contribution in [2.45, 2.75) is 25.6 Å². The van der Waals surface area contributed by atoms with Crippen LogP contribution in [0.1, 0.15) is 18.4 Å². The number of nitrogens with two attached hydrogens (primary N) is 1. The monoisotopic (exact) mass is 164 g/mol. The average molecular weight is 164 g/mol. The van der Waals surface area contributed by atoms with Gasteiger partial charge in [0.1, 0.15) is 5.82 Å². The Bertz CT molecular complexity index is 254. The van der Waals surface area contributed by atoms with Gasteiger partial charge in [0.05, 0.1) is 12.7 Å². The lowest BCUT2D eigenvalue weighted by Crippen LogP contribution is -1.96. The topological polar surface area (TPSA) is 48.1 Å². The van der Waals surface area contributed by atoms with Gasteiger partial charge in [-0.25, -0.2) is 4.98 Å². The van der Waals surface area contributed by atoms with E-state index in [4.69, 9.17) is 10.5 Å². The maximum Gasteiger partial charge on any atom is 0.123 e. The number of aromatic nitrogens is 1. The first kappa shape index (κ1) is 7.55. The number of rotatable bonds is 3. The summed E-state index contributed by atoms with van der Waals surface area (Å²) in [7, 11) is 0. The predicted octanol–water partition coefficient (Wildman–Crippen LogP) is 1.34. The lowest BCUT2D eigenvalue weighted by Gasteiger charge is -2.01. The molecule has 1 aromatic rings. The Balaban J connectivity index is 1.89. The summed E-state index contributed by atoms with van der Waals surface area (Å²) in [4.78, 5) is 3.98. The third kappa shape index (κ3) is 1.95. The highest BCUT2D eigenvalue weighted by atomic mass is 16.5. The van der Waals surface area contributed by atoms with Crippen LogP contribution in [0.4, 0.5) is 5.82 Å². The van der Waals surface area contributed by atoms with Crippen LogP contribution in [-0.4, -0.2) is 11.1 Å². The number of hydrogen-bond donors (Lipinski definition) is 1. The highest BCUT2D eigenvalue weighted by molar-refractivity contribution is 5.28. The minimum absolute atomic E-state index is 0.502. The summed E-state index contributed by atoms with van der Waals surface area (Å²) in [5, 5.41) is 0. The SMILES string of the molecule is Nc1ccc(COC2CC2)cn1. The standard InChI is InChI=1S/C9H12N2O/c10-9-4-1-7(5-11-9)6-12-8-2-3-8/h1,4-5,8H,2-3,6H2,(H2,10,11). The summed E-state index contributed by atoms with van der Waals surface area (Å²) in [5.41, 5.74) is 6.54. The highest BCUT2D eigenvalue weighted by Gasteiger charge is 2.21. The molecule has 1 saturated carbocycles. The molecule has 0 saturated heterocycles. The minimum atomic E-state index is 0.502. The molecule has 1 aliphatic rings. The van der Waals surface area contributed by atoms with Crippen molar-refractivity contribution in [1.82, 2.24) is 4.98 Å². The first-order valence-electron chi connectivity index (χ1n) is 4.16. The molecule has 0 aromatic carbocycles. The fourth-order valence-electron chi connectivity index (χ4n) is 0.970. The molecular weight excluding hydrogens is 152 g/mol. The highest BCUT2D eigenvalue weighted by Crippen LogP contribution is 2.24. The molecule has 1 fully saturated rings. The maximum absolute atomic E-state index is 5.50. The van der Waals surface area contributed by atoms with Crippen LogP contribution in [0.3, 0.4) is 0 Å². The van der Waals surface area contributed by atoms with Gasteiger partial charge < -0.3 is 10.5 Å². The number of nitrogens with zero attached hydrogens (tertiary/aromatic N) is 1. The van der Waals surface area contributed by atoms with Crippen LogP contribution >= 0.6 is 0 Å². The number of ether oxygens (including phenoxy) is 1. The Morgan fingerprint density at radius 2 is 2.33 bits per heavy atom. The zero-order valence-electron chi connectivity index (χ0n) is 6.86. The summed E-state index contributed by atoms with van der Waals surface area (Å²) in [6.07, 6.45) is 4.69. The number of anilines is 1. The molecule has 0 radical (unpaired) electrons. The second-order valence-corrected chi connectivity index (χ2v) is 3.10. The van der Waals surface area contributed by atoms with E-state index in [0.717, 1.165) is 5.56 Å². The fraction of sp³-hybridized carbons (Fsp3) is 0.444. The Labute approximate surface area is 71.6 Å². The number of pyridine rings is 1. The quantitative estimate of drug-likeness (QED) is 0.733. The lowest BCUT2D eigenvalue weighted by molar-refractivity contribution is 0.106. The van der Waals surface area contributed by atoms with Crippen LogP contribution in [0, 0.1) is 0 Å². The number of hydrogen-bond acceptors (Lipinski definition) is 3. The van der Waals surface area contributed by atoms with Gasteiger partial charge in [0.2, 0.25) is 0 Å². The minimum Gasteiger partial charge on any atom is -0.384 e. The summed E-state index contributed by atoms with van der Waals surface area (Å²) in [6, 6.07) is 3.75. The van der Waals surface area contributed by atoms with Crippen LogP contribution < -0.4 is 5.73 Å². The van der Waals surface area contributed by atoms with E-state index < -0.39 is 0 Å². The van der Waals surface area contributed by atoms with Crippen LogP contribution in [0.15, 0.2) is 18.3 Å². The van der Waals surface area contributed by atoms with E-state index in [1.165, 1.54) is 12.8 Å². The van der Waals surface area contributed by atoms with Gasteiger partial charge in [0.15, 0.2) is 0 Å². The van der Waals surface area contributed by atoms with Crippen LogP contribution in [0.5, 0.6) is 0 Å². The average Bonchev–Trinajstić information content (AvgIpc) is 2.87. The molecule has 0 aliphatic heterocycles. The van der Waals surface area contributed by atoms with Crippen molar-refractivity contribution in [3.63, 3.8) is 0 Å². The van der Waals surface area contributed by atoms with Crippen molar-refractivity contribution in [3.05, 3.63) is 23.9 Å². The Hall–Kier alpha value is -1.09. The molecule has 0 atom stereocenters. The summed E-state index contributed by atoms with van der Waals surface area (Å²) in [6.45, 7) is 0.665. The Morgan fingerprint density at radius 3 is 2.92 bits per heavy atom. The van der Waals surface area contributed by atoms with Crippen molar-refractivity contribution in [3.8, 4) is 0 Å². The molecule has 1 heterocycles. The van der Waals surface area contributed by atoms with Gasteiger partial charge in [-0.05, 0) is 24.5 Å². The predicted molar refractivity (Wildman–Crippen MR) is 46.5 cm³/mol. The van der Waals surface area contributed by atoms with Crippen molar-refractivity contribution >= 4 is 5.82 Å². The largest absolute Gasteiger partial charge is 0.384 e. The first-order valence-corrected chi connectivity index (χ1v) is 4.16. The van der Waals surface area contributed by atoms with Gasteiger partial charge in [0, 0.05) is 6.20 Å². The van der Waals surface area contributed by atoms with E-state index >= 15 is 0 Å². The first-order chi connectivity index (χ1) is 5.84. The summed E-state index contributed by atoms with van der Waals surface area (Å²) < 4.78 is 5.50. The molecule has 3 heteroatoms. The smallest absolute Gasteiger partial charge is 0.123 e.